The molecule has 0 fully saturated rings. The molecular formula is C6H5ClN2O4S. The number of halogens is 1. The molecule has 1 aliphatic rings. The van der Waals surface area contributed by atoms with Crippen molar-refractivity contribution in [2.45, 2.75) is 0 Å². The minimum absolute atomic E-state index is 0.0130. The van der Waals surface area contributed by atoms with E-state index in [1.807, 2.05) is 0 Å². The number of benzene rings is 1. The molecule has 1 aromatic rings. The van der Waals surface area contributed by atoms with Crippen LogP contribution in [0.4, 0.5) is 11.4 Å². The molecule has 2 bridgehead atoms. The predicted octanol–water partition coefficient (Wildman–Crippen LogP) is 0.520. The van der Waals surface area contributed by atoms with Crippen LogP contribution >= 0.6 is 11.6 Å². The monoisotopic (exact) mass is 236 g/mol. The van der Waals surface area contributed by atoms with Gasteiger partial charge in [-0.2, -0.15) is 0 Å². The molecule has 6 nitrogen and oxygen atoms in total. The predicted molar refractivity (Wildman–Crippen MR) is 50.5 cm³/mol. The maximum absolute atomic E-state index is 11.0. The molecule has 1 aliphatic heterocycles. The van der Waals surface area contributed by atoms with Crippen molar-refractivity contribution in [1.29, 1.82) is 0 Å². The van der Waals surface area contributed by atoms with Crippen molar-refractivity contribution in [2.24, 2.45) is 0 Å². The molecule has 76 valence electrons. The van der Waals surface area contributed by atoms with E-state index in [4.69, 9.17) is 23.1 Å². The normalized spacial score (nSPS) is 16.9. The third-order valence-electron chi connectivity index (χ3n) is 1.63. The first-order valence-electron chi connectivity index (χ1n) is 3.42. The summed E-state index contributed by atoms with van der Waals surface area (Å²) in [5, 5.41) is -0.0434. The van der Waals surface area contributed by atoms with Crippen molar-refractivity contribution in [3.05, 3.63) is 11.1 Å². The highest BCUT2D eigenvalue weighted by Crippen LogP contribution is 2.46. The molecule has 0 saturated heterocycles. The SMILES string of the molecule is Nc1cc2c(N)c(c1Cl)OS(=O)(=O)O2. The molecule has 0 saturated carbocycles. The molecule has 14 heavy (non-hydrogen) atoms. The number of nitrogens with two attached hydrogens (primary N) is 2. The number of hydrogen-bond donors (Lipinski definition) is 2. The first kappa shape index (κ1) is 9.22. The summed E-state index contributed by atoms with van der Waals surface area (Å²) in [5.74, 6) is -0.263. The highest BCUT2D eigenvalue weighted by Gasteiger charge is 2.30. The molecule has 8 heteroatoms. The summed E-state index contributed by atoms with van der Waals surface area (Å²) in [6.45, 7) is 0. The topological polar surface area (TPSA) is 105 Å². The van der Waals surface area contributed by atoms with Crippen LogP contribution in [0.1, 0.15) is 0 Å². The number of rotatable bonds is 0. The van der Waals surface area contributed by atoms with E-state index in [0.29, 0.717) is 0 Å². The highest BCUT2D eigenvalue weighted by molar-refractivity contribution is 7.82. The zero-order valence-electron chi connectivity index (χ0n) is 6.65. The van der Waals surface area contributed by atoms with Gasteiger partial charge in [0.25, 0.3) is 0 Å². The average Bonchev–Trinajstić information content (AvgIpc) is 2.06. The van der Waals surface area contributed by atoms with E-state index in [1.54, 1.807) is 0 Å². The Labute approximate surface area is 84.7 Å². The van der Waals surface area contributed by atoms with Gasteiger partial charge in [-0.25, -0.2) is 0 Å². The molecule has 4 N–H and O–H groups in total. The Morgan fingerprint density at radius 1 is 1.29 bits per heavy atom. The fraction of sp³-hybridized carbons (Fsp3) is 0. The van der Waals surface area contributed by atoms with Gasteiger partial charge in [-0.05, 0) is 0 Å². The largest absolute Gasteiger partial charge is 0.501 e. The number of hydrogen-bond acceptors (Lipinski definition) is 6. The van der Waals surface area contributed by atoms with Crippen molar-refractivity contribution in [3.8, 4) is 11.5 Å². The van der Waals surface area contributed by atoms with Gasteiger partial charge in [0.15, 0.2) is 11.5 Å². The van der Waals surface area contributed by atoms with Gasteiger partial charge < -0.3 is 19.8 Å². The summed E-state index contributed by atoms with van der Waals surface area (Å²) in [7, 11) is -4.11. The van der Waals surface area contributed by atoms with Crippen LogP contribution in [0.25, 0.3) is 0 Å². The Balaban J connectivity index is 2.76. The van der Waals surface area contributed by atoms with E-state index < -0.39 is 10.4 Å². The third kappa shape index (κ3) is 1.21. The van der Waals surface area contributed by atoms with Crippen molar-refractivity contribution in [2.75, 3.05) is 11.5 Å². The van der Waals surface area contributed by atoms with Gasteiger partial charge in [-0.3, -0.25) is 0 Å². The Hall–Kier alpha value is -1.34. The van der Waals surface area contributed by atoms with Gasteiger partial charge in [0.2, 0.25) is 0 Å². The van der Waals surface area contributed by atoms with E-state index in [-0.39, 0.29) is 27.9 Å². The standard InChI is InChI=1S/C6H5ClN2O4S/c7-4-2(8)1-3-5(9)6(4)13-14(10,11)12-3/h1H,8-9H2. The Bertz CT molecular complexity index is 506. The molecular weight excluding hydrogens is 232 g/mol. The average molecular weight is 237 g/mol. The molecule has 0 aromatic heterocycles. The van der Waals surface area contributed by atoms with Crippen molar-refractivity contribution in [3.63, 3.8) is 0 Å². The third-order valence-corrected chi connectivity index (χ3v) is 2.77. The summed E-state index contributed by atoms with van der Waals surface area (Å²) in [4.78, 5) is 0. The van der Waals surface area contributed by atoms with Crippen molar-refractivity contribution < 1.29 is 16.8 Å². The van der Waals surface area contributed by atoms with E-state index >= 15 is 0 Å². The van der Waals surface area contributed by atoms with Gasteiger partial charge in [0.05, 0.1) is 5.69 Å². The zero-order valence-corrected chi connectivity index (χ0v) is 8.22. The summed E-state index contributed by atoms with van der Waals surface area (Å²) in [6.07, 6.45) is 0. The summed E-state index contributed by atoms with van der Waals surface area (Å²) in [6, 6.07) is 1.22. The number of anilines is 2. The van der Waals surface area contributed by atoms with Gasteiger partial charge in [0, 0.05) is 6.07 Å². The molecule has 0 aliphatic carbocycles. The molecule has 0 spiro atoms. The first-order chi connectivity index (χ1) is 6.41. The van der Waals surface area contributed by atoms with Crippen LogP contribution < -0.4 is 19.8 Å². The molecule has 0 unspecified atom stereocenters. The van der Waals surface area contributed by atoms with Crippen molar-refractivity contribution in [1.82, 2.24) is 0 Å². The molecule has 2 rings (SSSR count). The summed E-state index contributed by atoms with van der Waals surface area (Å²) in [5.41, 5.74) is 11.1. The molecule has 0 amide bonds. The van der Waals surface area contributed by atoms with Gasteiger partial charge in [-0.15, -0.1) is 8.42 Å². The second-order valence-electron chi connectivity index (χ2n) is 2.60. The molecule has 1 heterocycles. The second kappa shape index (κ2) is 2.58. The van der Waals surface area contributed by atoms with E-state index in [0.717, 1.165) is 0 Å². The van der Waals surface area contributed by atoms with Gasteiger partial charge in [-0.1, -0.05) is 11.6 Å². The lowest BCUT2D eigenvalue weighted by molar-refractivity contribution is 0.381. The molecule has 0 atom stereocenters. The van der Waals surface area contributed by atoms with Crippen LogP contribution in [-0.2, 0) is 10.4 Å². The Morgan fingerprint density at radius 3 is 2.57 bits per heavy atom. The van der Waals surface area contributed by atoms with Gasteiger partial charge >= 0.3 is 10.4 Å². The van der Waals surface area contributed by atoms with Crippen LogP contribution in [0, 0.1) is 0 Å². The summed E-state index contributed by atoms with van der Waals surface area (Å²) >= 11 is 5.68. The van der Waals surface area contributed by atoms with Crippen LogP contribution in [-0.4, -0.2) is 8.42 Å². The van der Waals surface area contributed by atoms with E-state index in [1.165, 1.54) is 6.07 Å². The lowest BCUT2D eigenvalue weighted by Gasteiger charge is -2.19. The highest BCUT2D eigenvalue weighted by atomic mass is 35.5. The fourth-order valence-corrected chi connectivity index (χ4v) is 2.03. The minimum atomic E-state index is -4.11. The zero-order chi connectivity index (χ0) is 10.5. The fourth-order valence-electron chi connectivity index (χ4n) is 1.02. The van der Waals surface area contributed by atoms with Crippen LogP contribution in [0.15, 0.2) is 6.07 Å². The molecule has 0 radical (unpaired) electrons. The van der Waals surface area contributed by atoms with Gasteiger partial charge in [0.1, 0.15) is 10.7 Å². The van der Waals surface area contributed by atoms with Crippen LogP contribution in [0.3, 0.4) is 0 Å². The maximum atomic E-state index is 11.0. The van der Waals surface area contributed by atoms with E-state index in [9.17, 15) is 8.42 Å². The van der Waals surface area contributed by atoms with Crippen molar-refractivity contribution >= 4 is 33.4 Å². The molecule has 1 aromatic carbocycles. The quantitative estimate of drug-likeness (QED) is 0.637. The maximum Gasteiger partial charge on any atom is 0.501 e. The summed E-state index contributed by atoms with van der Waals surface area (Å²) < 4.78 is 30.8. The van der Waals surface area contributed by atoms with Crippen LogP contribution in [0.5, 0.6) is 11.5 Å². The minimum Gasteiger partial charge on any atom is -0.397 e. The first-order valence-corrected chi connectivity index (χ1v) is 5.13. The number of fused-ring (bicyclic) bond motifs is 2. The lowest BCUT2D eigenvalue weighted by atomic mass is 10.2. The second-order valence-corrected chi connectivity index (χ2v) is 4.12. The number of nitrogen functional groups attached to an aromatic ring is 2. The smallest absolute Gasteiger partial charge is 0.397 e. The Kier molecular flexibility index (Phi) is 1.70. The lowest BCUT2D eigenvalue weighted by Crippen LogP contribution is -2.22. The van der Waals surface area contributed by atoms with E-state index in [2.05, 4.69) is 8.37 Å². The Morgan fingerprint density at radius 2 is 1.93 bits per heavy atom. The van der Waals surface area contributed by atoms with Crippen LogP contribution in [0.2, 0.25) is 5.02 Å².